The van der Waals surface area contributed by atoms with Crippen LogP contribution in [-0.4, -0.2) is 17.1 Å². The van der Waals surface area contributed by atoms with Crippen molar-refractivity contribution < 1.29 is 4.74 Å². The number of aryl methyl sites for hydroxylation is 1. The normalized spacial score (nSPS) is 26.7. The van der Waals surface area contributed by atoms with Gasteiger partial charge in [-0.15, -0.1) is 0 Å². The van der Waals surface area contributed by atoms with E-state index in [4.69, 9.17) is 10.5 Å². The van der Waals surface area contributed by atoms with E-state index in [0.717, 1.165) is 36.6 Å². The maximum Gasteiger partial charge on any atom is 0.273 e. The number of thiazole rings is 1. The molecule has 1 aliphatic carbocycles. The quantitative estimate of drug-likeness (QED) is 0.833. The molecule has 3 nitrogen and oxygen atoms in total. The van der Waals surface area contributed by atoms with Crippen molar-refractivity contribution in [3.8, 4) is 5.19 Å². The van der Waals surface area contributed by atoms with Crippen LogP contribution in [0.4, 0.5) is 0 Å². The van der Waals surface area contributed by atoms with Gasteiger partial charge in [-0.1, -0.05) is 18.3 Å². The summed E-state index contributed by atoms with van der Waals surface area (Å²) in [5, 5.41) is 2.87. The van der Waals surface area contributed by atoms with Crippen LogP contribution in [0.15, 0.2) is 5.38 Å². The Morgan fingerprint density at radius 1 is 1.64 bits per heavy atom. The molecule has 0 radical (unpaired) electrons. The summed E-state index contributed by atoms with van der Waals surface area (Å²) < 4.78 is 5.76. The zero-order valence-electron chi connectivity index (χ0n) is 8.40. The largest absolute Gasteiger partial charge is 0.467 e. The van der Waals surface area contributed by atoms with E-state index >= 15 is 0 Å². The van der Waals surface area contributed by atoms with Crippen molar-refractivity contribution in [3.05, 3.63) is 11.1 Å². The fraction of sp³-hybridized carbons (Fsp3) is 0.700. The number of hydrogen-bond acceptors (Lipinski definition) is 4. The molecular formula is C10H16N2OS. The van der Waals surface area contributed by atoms with Crippen LogP contribution in [0.5, 0.6) is 5.19 Å². The van der Waals surface area contributed by atoms with Crippen LogP contribution in [0.25, 0.3) is 0 Å². The first-order valence-corrected chi connectivity index (χ1v) is 6.02. The van der Waals surface area contributed by atoms with E-state index in [-0.39, 0.29) is 0 Å². The summed E-state index contributed by atoms with van der Waals surface area (Å²) in [5.74, 6) is 0. The van der Waals surface area contributed by atoms with Crippen molar-refractivity contribution in [1.82, 2.24) is 4.98 Å². The van der Waals surface area contributed by atoms with Crippen molar-refractivity contribution in [2.24, 2.45) is 5.73 Å². The van der Waals surface area contributed by atoms with Gasteiger partial charge in [-0.05, 0) is 25.7 Å². The number of aromatic nitrogens is 1. The first-order chi connectivity index (χ1) is 6.78. The summed E-state index contributed by atoms with van der Waals surface area (Å²) in [6.07, 6.45) is 4.39. The standard InChI is InChI=1S/C10H16N2OS/c1-2-8-6-14-10(12-8)13-9-4-3-7(11)5-9/h6-7,9H,2-5,11H2,1H3. The minimum absolute atomic E-state index is 0.292. The van der Waals surface area contributed by atoms with Crippen LogP contribution < -0.4 is 10.5 Å². The molecule has 1 heterocycles. The molecule has 4 heteroatoms. The van der Waals surface area contributed by atoms with Gasteiger partial charge in [-0.25, -0.2) is 4.98 Å². The minimum Gasteiger partial charge on any atom is -0.467 e. The highest BCUT2D eigenvalue weighted by Crippen LogP contribution is 2.26. The molecule has 0 amide bonds. The zero-order chi connectivity index (χ0) is 9.97. The molecule has 1 aromatic heterocycles. The summed E-state index contributed by atoms with van der Waals surface area (Å²) >= 11 is 1.59. The van der Waals surface area contributed by atoms with Crippen molar-refractivity contribution in [2.75, 3.05) is 0 Å². The molecule has 2 atom stereocenters. The van der Waals surface area contributed by atoms with Crippen LogP contribution in [0, 0.1) is 0 Å². The lowest BCUT2D eigenvalue weighted by Crippen LogP contribution is -2.19. The predicted molar refractivity (Wildman–Crippen MR) is 57.7 cm³/mol. The lowest BCUT2D eigenvalue weighted by Gasteiger charge is -2.09. The Morgan fingerprint density at radius 2 is 2.50 bits per heavy atom. The van der Waals surface area contributed by atoms with Gasteiger partial charge >= 0.3 is 0 Å². The predicted octanol–water partition coefficient (Wildman–Crippen LogP) is 1.96. The molecule has 1 aromatic rings. The Hall–Kier alpha value is -0.610. The summed E-state index contributed by atoms with van der Waals surface area (Å²) in [4.78, 5) is 4.37. The summed E-state index contributed by atoms with van der Waals surface area (Å²) in [6.45, 7) is 2.10. The fourth-order valence-corrected chi connectivity index (χ4v) is 2.55. The van der Waals surface area contributed by atoms with Crippen molar-refractivity contribution in [1.29, 1.82) is 0 Å². The molecule has 0 aliphatic heterocycles. The second-order valence-electron chi connectivity index (χ2n) is 3.77. The highest BCUT2D eigenvalue weighted by Gasteiger charge is 2.23. The molecule has 1 saturated carbocycles. The molecule has 0 bridgehead atoms. The first kappa shape index (κ1) is 9.93. The Morgan fingerprint density at radius 3 is 3.07 bits per heavy atom. The lowest BCUT2D eigenvalue weighted by molar-refractivity contribution is 0.207. The lowest BCUT2D eigenvalue weighted by atomic mass is 10.3. The average Bonchev–Trinajstić information content (AvgIpc) is 2.76. The van der Waals surface area contributed by atoms with Gasteiger partial charge in [0.1, 0.15) is 6.10 Å². The third-order valence-corrected chi connectivity index (χ3v) is 3.36. The smallest absolute Gasteiger partial charge is 0.273 e. The van der Waals surface area contributed by atoms with Gasteiger partial charge in [0, 0.05) is 11.4 Å². The number of nitrogens with zero attached hydrogens (tertiary/aromatic N) is 1. The molecule has 0 spiro atoms. The molecule has 78 valence electrons. The molecule has 14 heavy (non-hydrogen) atoms. The molecule has 2 rings (SSSR count). The Bertz CT molecular complexity index is 300. The molecular weight excluding hydrogens is 196 g/mol. The third-order valence-electron chi connectivity index (χ3n) is 2.59. The van der Waals surface area contributed by atoms with Crippen LogP contribution in [-0.2, 0) is 6.42 Å². The Balaban J connectivity index is 1.90. The maximum atomic E-state index is 5.81. The van der Waals surface area contributed by atoms with Gasteiger partial charge in [0.05, 0.1) is 5.69 Å². The van der Waals surface area contributed by atoms with Gasteiger partial charge in [0.25, 0.3) is 5.19 Å². The summed E-state index contributed by atoms with van der Waals surface area (Å²) in [6, 6.07) is 0.325. The molecule has 1 fully saturated rings. The van der Waals surface area contributed by atoms with Crippen molar-refractivity contribution in [2.45, 2.75) is 44.8 Å². The van der Waals surface area contributed by atoms with Gasteiger partial charge in [-0.3, -0.25) is 0 Å². The topological polar surface area (TPSA) is 48.1 Å². The second kappa shape index (κ2) is 4.28. The van der Waals surface area contributed by atoms with E-state index < -0.39 is 0 Å². The maximum absolute atomic E-state index is 5.81. The highest BCUT2D eigenvalue weighted by molar-refractivity contribution is 7.11. The van der Waals surface area contributed by atoms with Crippen LogP contribution in [0.1, 0.15) is 31.9 Å². The van der Waals surface area contributed by atoms with E-state index in [2.05, 4.69) is 17.3 Å². The fourth-order valence-electron chi connectivity index (χ4n) is 1.73. The number of hydrogen-bond donors (Lipinski definition) is 1. The van der Waals surface area contributed by atoms with Gasteiger partial charge in [-0.2, -0.15) is 0 Å². The monoisotopic (exact) mass is 212 g/mol. The minimum atomic E-state index is 0.292. The molecule has 0 aromatic carbocycles. The zero-order valence-corrected chi connectivity index (χ0v) is 9.22. The Kier molecular flexibility index (Phi) is 3.03. The average molecular weight is 212 g/mol. The van der Waals surface area contributed by atoms with Crippen LogP contribution >= 0.6 is 11.3 Å². The number of rotatable bonds is 3. The number of nitrogens with two attached hydrogens (primary N) is 1. The first-order valence-electron chi connectivity index (χ1n) is 5.14. The molecule has 0 saturated heterocycles. The molecule has 2 unspecified atom stereocenters. The van der Waals surface area contributed by atoms with Gasteiger partial charge in [0.2, 0.25) is 0 Å². The van der Waals surface area contributed by atoms with E-state index in [1.807, 2.05) is 0 Å². The number of ether oxygens (including phenoxy) is 1. The van der Waals surface area contributed by atoms with Gasteiger partial charge < -0.3 is 10.5 Å². The van der Waals surface area contributed by atoms with Gasteiger partial charge in [0.15, 0.2) is 0 Å². The van der Waals surface area contributed by atoms with Crippen molar-refractivity contribution >= 4 is 11.3 Å². The molecule has 1 aliphatic rings. The van der Waals surface area contributed by atoms with Crippen molar-refractivity contribution in [3.63, 3.8) is 0 Å². The summed E-state index contributed by atoms with van der Waals surface area (Å²) in [5.41, 5.74) is 6.93. The van der Waals surface area contributed by atoms with E-state index in [9.17, 15) is 0 Å². The van der Waals surface area contributed by atoms with Crippen LogP contribution in [0.3, 0.4) is 0 Å². The van der Waals surface area contributed by atoms with E-state index in [0.29, 0.717) is 12.1 Å². The SMILES string of the molecule is CCc1csc(OC2CCC(N)C2)n1. The molecule has 2 N–H and O–H groups in total. The Labute approximate surface area is 88.3 Å². The highest BCUT2D eigenvalue weighted by atomic mass is 32.1. The van der Waals surface area contributed by atoms with Crippen LogP contribution in [0.2, 0.25) is 0 Å². The second-order valence-corrected chi connectivity index (χ2v) is 4.59. The van der Waals surface area contributed by atoms with E-state index in [1.165, 1.54) is 0 Å². The summed E-state index contributed by atoms with van der Waals surface area (Å²) in [7, 11) is 0. The third kappa shape index (κ3) is 2.25. The van der Waals surface area contributed by atoms with E-state index in [1.54, 1.807) is 11.3 Å².